The van der Waals surface area contributed by atoms with E-state index in [0.29, 0.717) is 12.9 Å². The van der Waals surface area contributed by atoms with Crippen LogP contribution in [-0.4, -0.2) is 110 Å². The highest BCUT2D eigenvalue weighted by Crippen LogP contribution is 2.22. The van der Waals surface area contributed by atoms with E-state index >= 15 is 0 Å². The smallest absolute Gasteiger partial charge is 0.243 e. The van der Waals surface area contributed by atoms with E-state index in [1.807, 2.05) is 0 Å². The molecule has 21 nitrogen and oxygen atoms in total. The molecular weight excluding hydrogens is 745 g/mol. The molecule has 0 radical (unpaired) electrons. The highest BCUT2D eigenvalue weighted by molar-refractivity contribution is 7.89. The Labute approximate surface area is 290 Å². The molecule has 0 aromatic heterocycles. The Morgan fingerprint density at radius 3 is 0.745 bits per heavy atom. The van der Waals surface area contributed by atoms with Gasteiger partial charge in [0.2, 0.25) is 30.1 Å². The minimum absolute atomic E-state index is 0.297. The molecule has 51 heavy (non-hydrogen) atoms. The quantitative estimate of drug-likeness (QED) is 0.113. The van der Waals surface area contributed by atoms with Gasteiger partial charge in [0, 0.05) is 36.4 Å². The van der Waals surface area contributed by atoms with Crippen LogP contribution in [0.2, 0.25) is 0 Å². The first-order valence-electron chi connectivity index (χ1n) is 14.3. The van der Waals surface area contributed by atoms with Gasteiger partial charge < -0.3 is 15.6 Å². The molecule has 0 bridgehead atoms. The number of carbonyl (C=O) groups is 3. The molecule has 0 amide bonds. The van der Waals surface area contributed by atoms with Gasteiger partial charge in [-0.1, -0.05) is 0 Å². The first-order chi connectivity index (χ1) is 23.7. The lowest BCUT2D eigenvalue weighted by molar-refractivity contribution is -0.991. The number of benzene rings is 3. The van der Waals surface area contributed by atoms with Gasteiger partial charge in [0.15, 0.2) is 34.4 Å². The summed E-state index contributed by atoms with van der Waals surface area (Å²) >= 11 is 0. The SMILES string of the molecule is O=C1CN(S(=O)(=O)c2ccc([NH+]([O-])O)cc2)CC(=O)CN(S(=O)(=O)c2ccc([NH+]([O-])O)cc2)CC(=O)CN(S(=O)(=O)c2ccc([NH+]([O-])O)cc2)C1. The summed E-state index contributed by atoms with van der Waals surface area (Å²) in [4.78, 5) is 38.3. The zero-order valence-electron chi connectivity index (χ0n) is 26.0. The number of hydrogen-bond acceptors (Lipinski definition) is 15. The number of carbonyl (C=O) groups excluding carboxylic acids is 3. The van der Waals surface area contributed by atoms with E-state index in [1.54, 1.807) is 0 Å². The minimum atomic E-state index is -4.82. The van der Waals surface area contributed by atoms with Crippen molar-refractivity contribution in [1.82, 2.24) is 12.9 Å². The van der Waals surface area contributed by atoms with Crippen molar-refractivity contribution < 1.29 is 70.9 Å². The average molecular weight is 775 g/mol. The Balaban J connectivity index is 1.79. The maximum Gasteiger partial charge on any atom is 0.243 e. The third-order valence-corrected chi connectivity index (χ3v) is 12.8. The fourth-order valence-corrected chi connectivity index (χ4v) is 8.98. The van der Waals surface area contributed by atoms with E-state index < -0.39 is 117 Å². The summed E-state index contributed by atoms with van der Waals surface area (Å²) in [6.07, 6.45) is 0. The standard InChI is InChI=1S/C27H30N6O15S3/c34-22-13-28(49(43,44)25-7-1-19(2-8-25)31(37)38)14-23(35)16-30(51(47,48)27-11-5-21(6-12-27)33(41)42)18-24(36)17-29(15-22)50(45,46)26-9-3-20(4-10-26)32(39)40/h1-12,31-33,37,39,41H,13-18H2. The largest absolute Gasteiger partial charge is 0.595 e. The normalized spacial score (nSPS) is 18.8. The van der Waals surface area contributed by atoms with E-state index in [4.69, 9.17) is 0 Å². The lowest BCUT2D eigenvalue weighted by Gasteiger charge is -2.28. The molecule has 3 unspecified atom stereocenters. The Hall–Kier alpha value is -3.96. The van der Waals surface area contributed by atoms with Gasteiger partial charge in [-0.25, -0.2) is 40.9 Å². The molecule has 3 aromatic carbocycles. The van der Waals surface area contributed by atoms with Crippen LogP contribution in [0.5, 0.6) is 0 Å². The lowest BCUT2D eigenvalue weighted by Crippen LogP contribution is -2.99. The van der Waals surface area contributed by atoms with Crippen molar-refractivity contribution in [3.8, 4) is 0 Å². The third kappa shape index (κ3) is 9.29. The summed E-state index contributed by atoms with van der Waals surface area (Å²) in [6.45, 7) is -6.94. The van der Waals surface area contributed by atoms with Gasteiger partial charge >= 0.3 is 0 Å². The summed E-state index contributed by atoms with van der Waals surface area (Å²) in [6, 6.07) is 11.0. The number of hydrogen-bond donors (Lipinski definition) is 6. The van der Waals surface area contributed by atoms with Crippen LogP contribution in [0.15, 0.2) is 87.5 Å². The first-order valence-corrected chi connectivity index (χ1v) is 18.6. The molecule has 1 saturated heterocycles. The van der Waals surface area contributed by atoms with Crippen LogP contribution in [-0.2, 0) is 44.5 Å². The van der Waals surface area contributed by atoms with Crippen molar-refractivity contribution in [2.45, 2.75) is 14.7 Å². The monoisotopic (exact) mass is 774 g/mol. The fourth-order valence-electron chi connectivity index (χ4n) is 4.76. The van der Waals surface area contributed by atoms with E-state index in [1.165, 1.54) is 0 Å². The second kappa shape index (κ2) is 15.7. The molecule has 1 fully saturated rings. The molecule has 0 aliphatic carbocycles. The Bertz CT molecular complexity index is 1830. The molecule has 3 atom stereocenters. The van der Waals surface area contributed by atoms with Crippen LogP contribution >= 0.6 is 0 Å². The highest BCUT2D eigenvalue weighted by atomic mass is 32.2. The molecule has 4 rings (SSSR count). The zero-order valence-corrected chi connectivity index (χ0v) is 28.4. The van der Waals surface area contributed by atoms with E-state index in [9.17, 15) is 70.9 Å². The number of rotatable bonds is 9. The van der Waals surface area contributed by atoms with Crippen molar-refractivity contribution in [2.75, 3.05) is 39.3 Å². The van der Waals surface area contributed by atoms with Gasteiger partial charge in [0.1, 0.15) is 0 Å². The lowest BCUT2D eigenvalue weighted by atomic mass is 10.3. The number of sulfonamides is 3. The summed E-state index contributed by atoms with van der Waals surface area (Å²) in [7, 11) is -14.5. The van der Waals surface area contributed by atoms with Crippen molar-refractivity contribution in [2.24, 2.45) is 0 Å². The van der Waals surface area contributed by atoms with Gasteiger partial charge in [-0.3, -0.25) is 14.4 Å². The van der Waals surface area contributed by atoms with Gasteiger partial charge in [0.25, 0.3) is 0 Å². The van der Waals surface area contributed by atoms with Crippen LogP contribution in [0.3, 0.4) is 0 Å². The van der Waals surface area contributed by atoms with Crippen LogP contribution in [0, 0.1) is 15.6 Å². The van der Waals surface area contributed by atoms with E-state index in [0.717, 1.165) is 72.8 Å². The molecule has 0 spiro atoms. The third-order valence-electron chi connectivity index (χ3n) is 7.33. The molecule has 1 aliphatic heterocycles. The molecule has 0 saturated carbocycles. The van der Waals surface area contributed by atoms with Crippen LogP contribution in [0.1, 0.15) is 0 Å². The van der Waals surface area contributed by atoms with Gasteiger partial charge in [-0.2, -0.15) is 28.6 Å². The summed E-state index contributed by atoms with van der Waals surface area (Å²) in [5.74, 6) is -3.39. The molecule has 1 aliphatic rings. The molecule has 3 aromatic rings. The van der Waals surface area contributed by atoms with Gasteiger partial charge in [-0.15, -0.1) is 0 Å². The second-order valence-electron chi connectivity index (χ2n) is 10.9. The Morgan fingerprint density at radius 1 is 0.412 bits per heavy atom. The van der Waals surface area contributed by atoms with E-state index in [2.05, 4.69) is 0 Å². The van der Waals surface area contributed by atoms with Gasteiger partial charge in [0.05, 0.1) is 54.0 Å². The van der Waals surface area contributed by atoms with Crippen LogP contribution < -0.4 is 15.7 Å². The number of ketones is 3. The predicted octanol–water partition coefficient (Wildman–Crippen LogP) is -4.01. The predicted molar refractivity (Wildman–Crippen MR) is 168 cm³/mol. The fraction of sp³-hybridized carbons (Fsp3) is 0.222. The molecule has 276 valence electrons. The Morgan fingerprint density at radius 2 is 0.588 bits per heavy atom. The first kappa shape index (κ1) is 39.8. The number of nitrogens with zero attached hydrogens (tertiary/aromatic N) is 3. The van der Waals surface area contributed by atoms with Crippen molar-refractivity contribution in [3.63, 3.8) is 0 Å². The van der Waals surface area contributed by atoms with Gasteiger partial charge in [-0.05, 0) is 36.4 Å². The number of Topliss-reactive ketones (excluding diaryl/α,β-unsaturated/α-hetero) is 3. The summed E-state index contributed by atoms with van der Waals surface area (Å²) < 4.78 is 83.0. The minimum Gasteiger partial charge on any atom is -0.595 e. The number of nitrogens with one attached hydrogen (secondary N) is 3. The van der Waals surface area contributed by atoms with Crippen LogP contribution in [0.25, 0.3) is 0 Å². The average Bonchev–Trinajstić information content (AvgIpc) is 3.06. The summed E-state index contributed by atoms with van der Waals surface area (Å²) in [5.41, 5.74) is -0.892. The van der Waals surface area contributed by atoms with E-state index in [-0.39, 0.29) is 17.1 Å². The maximum atomic E-state index is 13.7. The van der Waals surface area contributed by atoms with Crippen molar-refractivity contribution in [3.05, 3.63) is 88.4 Å². The summed E-state index contributed by atoms with van der Waals surface area (Å²) in [5, 5.41) is 57.2. The molecular formula is C27H30N6O15S3. The molecule has 6 N–H and O–H groups in total. The topological polar surface area (TPSA) is 307 Å². The van der Waals surface area contributed by atoms with Crippen molar-refractivity contribution in [1.29, 1.82) is 0 Å². The maximum absolute atomic E-state index is 13.7. The molecule has 24 heteroatoms. The highest BCUT2D eigenvalue weighted by Gasteiger charge is 2.37. The second-order valence-corrected chi connectivity index (χ2v) is 16.7. The van der Waals surface area contributed by atoms with Crippen LogP contribution in [0.4, 0.5) is 17.1 Å². The zero-order chi connectivity index (χ0) is 37.9. The molecule has 1 heterocycles. The van der Waals surface area contributed by atoms with Crippen molar-refractivity contribution >= 4 is 64.5 Å². The Kier molecular flexibility index (Phi) is 12.3. The number of quaternary nitrogens is 3.